The van der Waals surface area contributed by atoms with Gasteiger partial charge in [-0.25, -0.2) is 4.39 Å². The van der Waals surface area contributed by atoms with E-state index in [1.807, 2.05) is 0 Å². The largest absolute Gasteiger partial charge is 0.303 e. The van der Waals surface area contributed by atoms with Gasteiger partial charge < -0.3 is 4.90 Å². The first kappa shape index (κ1) is 16.6. The van der Waals surface area contributed by atoms with Gasteiger partial charge in [0, 0.05) is 16.3 Å². The Bertz CT molecular complexity index is 591. The van der Waals surface area contributed by atoms with Crippen LogP contribution in [0, 0.1) is 11.2 Å². The molecule has 0 atom stereocenters. The third-order valence-corrected chi connectivity index (χ3v) is 6.05. The maximum atomic E-state index is 13.5. The minimum atomic E-state index is -0.638. The number of benzene rings is 1. The highest BCUT2D eigenvalue weighted by Crippen LogP contribution is 2.40. The molecule has 0 aromatic heterocycles. The fraction of sp³-hybridized carbons (Fsp3) is 0.467. The highest BCUT2D eigenvalue weighted by atomic mass is 79.9. The van der Waals surface area contributed by atoms with E-state index in [1.165, 1.54) is 11.0 Å². The summed E-state index contributed by atoms with van der Waals surface area (Å²) < 4.78 is 13.9. The molecule has 1 aliphatic rings. The molecule has 0 bridgehead atoms. The van der Waals surface area contributed by atoms with Crippen LogP contribution in [0.3, 0.4) is 0 Å². The Morgan fingerprint density at radius 1 is 1.24 bits per heavy atom. The maximum Gasteiger partial charge on any atom is 0.299 e. The van der Waals surface area contributed by atoms with Gasteiger partial charge in [-0.1, -0.05) is 29.8 Å². The summed E-state index contributed by atoms with van der Waals surface area (Å²) in [6.45, 7) is 4.56. The quantitative estimate of drug-likeness (QED) is 0.525. The van der Waals surface area contributed by atoms with E-state index in [-0.39, 0.29) is 11.0 Å². The molecular weight excluding hydrogens is 405 g/mol. The SMILES string of the molecule is CCC(CC)(CBr)CN1C(=O)C(=O)c2cc(F)cc(Br)c21. The fourth-order valence-corrected chi connectivity index (χ4v) is 4.16. The van der Waals surface area contributed by atoms with Crippen LogP contribution < -0.4 is 4.90 Å². The molecule has 0 saturated carbocycles. The van der Waals surface area contributed by atoms with Crippen LogP contribution in [0.25, 0.3) is 0 Å². The Morgan fingerprint density at radius 3 is 2.38 bits per heavy atom. The van der Waals surface area contributed by atoms with E-state index in [1.54, 1.807) is 0 Å². The molecule has 1 aromatic carbocycles. The number of alkyl halides is 1. The van der Waals surface area contributed by atoms with Crippen molar-refractivity contribution < 1.29 is 14.0 Å². The maximum absolute atomic E-state index is 13.5. The minimum Gasteiger partial charge on any atom is -0.303 e. The summed E-state index contributed by atoms with van der Waals surface area (Å²) in [7, 11) is 0. The Labute approximate surface area is 140 Å². The first-order valence-corrected chi connectivity index (χ1v) is 8.71. The molecule has 0 fully saturated rings. The molecule has 21 heavy (non-hydrogen) atoms. The normalized spacial score (nSPS) is 14.8. The van der Waals surface area contributed by atoms with E-state index in [9.17, 15) is 14.0 Å². The second-order valence-electron chi connectivity index (χ2n) is 5.34. The van der Waals surface area contributed by atoms with Crippen LogP contribution in [-0.2, 0) is 4.79 Å². The van der Waals surface area contributed by atoms with Crippen LogP contribution in [0.5, 0.6) is 0 Å². The molecule has 3 nitrogen and oxygen atoms in total. The van der Waals surface area contributed by atoms with Crippen molar-refractivity contribution in [1.29, 1.82) is 0 Å². The van der Waals surface area contributed by atoms with Gasteiger partial charge in [-0.3, -0.25) is 9.59 Å². The van der Waals surface area contributed by atoms with E-state index in [2.05, 4.69) is 45.7 Å². The minimum absolute atomic E-state index is 0.106. The van der Waals surface area contributed by atoms with Gasteiger partial charge in [-0.2, -0.15) is 0 Å². The Kier molecular flexibility index (Phi) is 4.88. The monoisotopic (exact) mass is 419 g/mol. The summed E-state index contributed by atoms with van der Waals surface area (Å²) in [5.74, 6) is -1.74. The van der Waals surface area contributed by atoms with Crippen molar-refractivity contribution in [3.8, 4) is 0 Å². The van der Waals surface area contributed by atoms with Crippen LogP contribution in [0.1, 0.15) is 37.0 Å². The number of carbonyl (C=O) groups is 2. The standard InChI is InChI=1S/C15H16Br2FNO2/c1-3-15(4-2,7-16)8-19-12-10(13(20)14(19)21)5-9(18)6-11(12)17/h5-6H,3-4,7-8H2,1-2H3. The smallest absolute Gasteiger partial charge is 0.299 e. The lowest BCUT2D eigenvalue weighted by Crippen LogP contribution is -2.41. The van der Waals surface area contributed by atoms with Crippen LogP contribution in [0.2, 0.25) is 0 Å². The predicted octanol–water partition coefficient (Wildman–Crippen LogP) is 4.32. The van der Waals surface area contributed by atoms with E-state index in [4.69, 9.17) is 0 Å². The average molecular weight is 421 g/mol. The van der Waals surface area contributed by atoms with Gasteiger partial charge >= 0.3 is 0 Å². The molecular formula is C15H16Br2FNO2. The van der Waals surface area contributed by atoms with Gasteiger partial charge in [-0.05, 0) is 46.3 Å². The van der Waals surface area contributed by atoms with Crippen LogP contribution in [0.4, 0.5) is 10.1 Å². The topological polar surface area (TPSA) is 37.4 Å². The number of nitrogens with zero attached hydrogens (tertiary/aromatic N) is 1. The second kappa shape index (κ2) is 6.16. The molecule has 1 aliphatic heterocycles. The molecule has 114 valence electrons. The highest BCUT2D eigenvalue weighted by Gasteiger charge is 2.41. The number of hydrogen-bond donors (Lipinski definition) is 0. The molecule has 0 spiro atoms. The number of halogens is 3. The molecule has 0 saturated heterocycles. The average Bonchev–Trinajstić information content (AvgIpc) is 2.70. The molecule has 0 radical (unpaired) electrons. The van der Waals surface area contributed by atoms with Crippen molar-refractivity contribution in [2.75, 3.05) is 16.8 Å². The first-order chi connectivity index (χ1) is 9.89. The summed E-state index contributed by atoms with van der Waals surface area (Å²) in [5.41, 5.74) is 0.520. The van der Waals surface area contributed by atoms with Gasteiger partial charge in [0.05, 0.1) is 11.3 Å². The number of Topliss-reactive ketones (excluding diaryl/α,β-unsaturated/α-hetero) is 1. The van der Waals surface area contributed by atoms with Crippen molar-refractivity contribution >= 4 is 49.2 Å². The lowest BCUT2D eigenvalue weighted by Gasteiger charge is -2.34. The predicted molar refractivity (Wildman–Crippen MR) is 87.6 cm³/mol. The van der Waals surface area contributed by atoms with Crippen molar-refractivity contribution in [3.05, 3.63) is 28.0 Å². The number of anilines is 1. The number of amides is 1. The van der Waals surface area contributed by atoms with E-state index in [0.717, 1.165) is 24.2 Å². The molecule has 1 aromatic rings. The molecule has 6 heteroatoms. The third kappa shape index (κ3) is 2.80. The fourth-order valence-electron chi connectivity index (χ4n) is 2.54. The van der Waals surface area contributed by atoms with Crippen LogP contribution in [-0.4, -0.2) is 23.6 Å². The lowest BCUT2D eigenvalue weighted by atomic mass is 9.84. The molecule has 1 amide bonds. The number of carbonyl (C=O) groups excluding carboxylic acids is 2. The summed E-state index contributed by atoms with van der Waals surface area (Å²) in [6.07, 6.45) is 1.75. The number of ketones is 1. The lowest BCUT2D eigenvalue weighted by molar-refractivity contribution is -0.114. The molecule has 0 aliphatic carbocycles. The van der Waals surface area contributed by atoms with Crippen molar-refractivity contribution in [3.63, 3.8) is 0 Å². The molecule has 1 heterocycles. The number of fused-ring (bicyclic) bond motifs is 1. The van der Waals surface area contributed by atoms with Crippen molar-refractivity contribution in [2.24, 2.45) is 5.41 Å². The Balaban J connectivity index is 2.49. The van der Waals surface area contributed by atoms with E-state index < -0.39 is 17.5 Å². The summed E-state index contributed by atoms with van der Waals surface area (Å²) >= 11 is 6.78. The van der Waals surface area contributed by atoms with Gasteiger partial charge in [0.2, 0.25) is 0 Å². The number of rotatable bonds is 5. The van der Waals surface area contributed by atoms with Crippen molar-refractivity contribution in [2.45, 2.75) is 26.7 Å². The first-order valence-electron chi connectivity index (χ1n) is 6.80. The summed E-state index contributed by atoms with van der Waals surface area (Å²) in [5, 5.41) is 0.735. The Hall–Kier alpha value is -0.750. The van der Waals surface area contributed by atoms with Gasteiger partial charge in [0.1, 0.15) is 5.82 Å². The number of hydrogen-bond acceptors (Lipinski definition) is 2. The van der Waals surface area contributed by atoms with Crippen LogP contribution >= 0.6 is 31.9 Å². The third-order valence-electron chi connectivity index (χ3n) is 4.26. The van der Waals surface area contributed by atoms with E-state index >= 15 is 0 Å². The molecule has 2 rings (SSSR count). The Morgan fingerprint density at radius 2 is 1.86 bits per heavy atom. The van der Waals surface area contributed by atoms with Gasteiger partial charge in [0.25, 0.3) is 11.7 Å². The zero-order valence-corrected chi connectivity index (χ0v) is 15.1. The summed E-state index contributed by atoms with van der Waals surface area (Å²) in [4.78, 5) is 25.8. The summed E-state index contributed by atoms with van der Waals surface area (Å²) in [6, 6.07) is 2.42. The van der Waals surface area contributed by atoms with Gasteiger partial charge in [-0.15, -0.1) is 0 Å². The van der Waals surface area contributed by atoms with Gasteiger partial charge in [0.15, 0.2) is 0 Å². The van der Waals surface area contributed by atoms with Crippen molar-refractivity contribution in [1.82, 2.24) is 0 Å². The highest BCUT2D eigenvalue weighted by molar-refractivity contribution is 9.10. The molecule has 0 unspecified atom stereocenters. The zero-order chi connectivity index (χ0) is 15.8. The zero-order valence-electron chi connectivity index (χ0n) is 11.9. The van der Waals surface area contributed by atoms with E-state index in [0.29, 0.717) is 16.7 Å². The van der Waals surface area contributed by atoms with Crippen LogP contribution in [0.15, 0.2) is 16.6 Å². The second-order valence-corrected chi connectivity index (χ2v) is 6.76. The molecule has 0 N–H and O–H groups in total.